The maximum atomic E-state index is 12.1. The van der Waals surface area contributed by atoms with Crippen LogP contribution < -0.4 is 0 Å². The Morgan fingerprint density at radius 2 is 1.81 bits per heavy atom. The van der Waals surface area contributed by atoms with E-state index in [2.05, 4.69) is 20.9 Å². The van der Waals surface area contributed by atoms with E-state index in [9.17, 15) is 9.59 Å². The van der Waals surface area contributed by atoms with Gasteiger partial charge in [-0.15, -0.1) is 0 Å². The topological polar surface area (TPSA) is 65.0 Å². The predicted molar refractivity (Wildman–Crippen MR) is 106 cm³/mol. The number of carbonyl (C=O) groups excluding carboxylic acids is 2. The zero-order valence-electron chi connectivity index (χ0n) is 14.9. The first-order valence-corrected chi connectivity index (χ1v) is 9.27. The fraction of sp³-hybridized carbons (Fsp3) is 0.190. The molecule has 1 aliphatic rings. The number of halogens is 1. The molecule has 0 amide bonds. The molecule has 0 aliphatic carbocycles. The number of nitrogens with zero attached hydrogens (tertiary/aromatic N) is 1. The van der Waals surface area contributed by atoms with Crippen molar-refractivity contribution in [2.24, 2.45) is 10.9 Å². The van der Waals surface area contributed by atoms with E-state index in [1.54, 1.807) is 30.3 Å². The summed E-state index contributed by atoms with van der Waals surface area (Å²) in [6, 6.07) is 14.1. The number of rotatable bonds is 5. The molecule has 3 rings (SSSR count). The summed E-state index contributed by atoms with van der Waals surface area (Å²) in [5, 5.41) is 0. The Morgan fingerprint density at radius 1 is 1.15 bits per heavy atom. The first-order valence-electron chi connectivity index (χ1n) is 8.48. The first kappa shape index (κ1) is 19.0. The third-order valence-corrected chi connectivity index (χ3v) is 4.24. The fourth-order valence-electron chi connectivity index (χ4n) is 2.32. The van der Waals surface area contributed by atoms with E-state index < -0.39 is 5.97 Å². The van der Waals surface area contributed by atoms with E-state index in [1.165, 1.54) is 0 Å². The summed E-state index contributed by atoms with van der Waals surface area (Å²) in [7, 11) is 0. The predicted octanol–water partition coefficient (Wildman–Crippen LogP) is 4.61. The largest absolute Gasteiger partial charge is 0.462 e. The quantitative estimate of drug-likeness (QED) is 0.516. The second-order valence-corrected chi connectivity index (χ2v) is 7.37. The monoisotopic (exact) mass is 427 g/mol. The van der Waals surface area contributed by atoms with Gasteiger partial charge < -0.3 is 9.47 Å². The average molecular weight is 428 g/mol. The number of ether oxygens (including phenoxy) is 2. The normalized spacial score (nSPS) is 15.0. The van der Waals surface area contributed by atoms with Gasteiger partial charge in [0.2, 0.25) is 5.90 Å². The molecule has 27 heavy (non-hydrogen) atoms. The summed E-state index contributed by atoms with van der Waals surface area (Å²) in [5.41, 5.74) is 2.13. The number of esters is 2. The van der Waals surface area contributed by atoms with Gasteiger partial charge in [-0.1, -0.05) is 41.9 Å². The third kappa shape index (κ3) is 4.92. The zero-order valence-corrected chi connectivity index (χ0v) is 16.5. The molecule has 0 saturated carbocycles. The van der Waals surface area contributed by atoms with Crippen molar-refractivity contribution in [1.82, 2.24) is 0 Å². The highest BCUT2D eigenvalue weighted by Crippen LogP contribution is 2.20. The van der Waals surface area contributed by atoms with Crippen molar-refractivity contribution in [3.63, 3.8) is 0 Å². The molecule has 0 unspecified atom stereocenters. The van der Waals surface area contributed by atoms with E-state index in [-0.39, 0.29) is 23.5 Å². The van der Waals surface area contributed by atoms with Gasteiger partial charge in [0.1, 0.15) is 0 Å². The molecule has 1 aliphatic heterocycles. The van der Waals surface area contributed by atoms with Crippen LogP contribution in [0.25, 0.3) is 6.08 Å². The Kier molecular flexibility index (Phi) is 5.86. The van der Waals surface area contributed by atoms with Crippen LogP contribution in [-0.4, -0.2) is 24.4 Å². The molecule has 0 fully saturated rings. The molecular weight excluding hydrogens is 410 g/mol. The number of benzene rings is 2. The Bertz CT molecular complexity index is 912. The maximum Gasteiger partial charge on any atom is 0.363 e. The molecule has 0 spiro atoms. The van der Waals surface area contributed by atoms with Gasteiger partial charge in [-0.05, 0) is 54.0 Å². The lowest BCUT2D eigenvalue weighted by atomic mass is 10.1. The van der Waals surface area contributed by atoms with Crippen LogP contribution in [0, 0.1) is 5.92 Å². The molecule has 0 atom stereocenters. The van der Waals surface area contributed by atoms with Crippen LogP contribution in [-0.2, 0) is 14.3 Å². The third-order valence-electron chi connectivity index (χ3n) is 3.71. The smallest absolute Gasteiger partial charge is 0.363 e. The minimum absolute atomic E-state index is 0.211. The molecule has 6 heteroatoms. The maximum absolute atomic E-state index is 12.1. The number of aliphatic imine (C=N–C) groups is 1. The van der Waals surface area contributed by atoms with Crippen LogP contribution in [0.5, 0.6) is 0 Å². The molecular formula is C21H18BrNO4. The van der Waals surface area contributed by atoms with Crippen molar-refractivity contribution in [2.45, 2.75) is 13.8 Å². The Hall–Kier alpha value is -2.73. The van der Waals surface area contributed by atoms with E-state index in [0.717, 1.165) is 15.6 Å². The lowest BCUT2D eigenvalue weighted by Gasteiger charge is -2.07. The van der Waals surface area contributed by atoms with E-state index in [1.807, 2.05) is 38.1 Å². The molecule has 2 aromatic rings. The van der Waals surface area contributed by atoms with Gasteiger partial charge in [-0.3, -0.25) is 0 Å². The highest BCUT2D eigenvalue weighted by atomic mass is 79.9. The molecule has 1 heterocycles. The number of hydrogen-bond acceptors (Lipinski definition) is 5. The molecule has 2 aromatic carbocycles. The molecule has 138 valence electrons. The summed E-state index contributed by atoms with van der Waals surface area (Å²) >= 11 is 3.36. The molecule has 0 aromatic heterocycles. The SMILES string of the molecule is CC(C)COC(=O)c1ccc(/C=C2\N=C(c3ccc(Br)cc3)OC2=O)cc1. The number of hydrogen-bond donors (Lipinski definition) is 0. The molecule has 0 bridgehead atoms. The zero-order chi connectivity index (χ0) is 19.4. The van der Waals surface area contributed by atoms with Crippen LogP contribution in [0.15, 0.2) is 63.7 Å². The van der Waals surface area contributed by atoms with Crippen molar-refractivity contribution >= 4 is 39.8 Å². The van der Waals surface area contributed by atoms with Crippen molar-refractivity contribution in [1.29, 1.82) is 0 Å². The van der Waals surface area contributed by atoms with Crippen LogP contribution in [0.3, 0.4) is 0 Å². The summed E-state index contributed by atoms with van der Waals surface area (Å²) in [6.07, 6.45) is 1.62. The van der Waals surface area contributed by atoms with Crippen molar-refractivity contribution in [2.75, 3.05) is 6.61 Å². The summed E-state index contributed by atoms with van der Waals surface area (Å²) in [4.78, 5) is 28.3. The van der Waals surface area contributed by atoms with Gasteiger partial charge in [0, 0.05) is 10.0 Å². The Morgan fingerprint density at radius 3 is 2.44 bits per heavy atom. The summed E-state index contributed by atoms with van der Waals surface area (Å²) in [5.74, 6) is -0.316. The molecule has 0 N–H and O–H groups in total. The van der Waals surface area contributed by atoms with Gasteiger partial charge in [-0.2, -0.15) is 0 Å². The van der Waals surface area contributed by atoms with Crippen LogP contribution in [0.1, 0.15) is 35.3 Å². The number of carbonyl (C=O) groups is 2. The Balaban J connectivity index is 1.75. The standard InChI is InChI=1S/C21H18BrNO4/c1-13(2)12-26-20(24)16-5-3-14(4-6-16)11-18-21(25)27-19(23-18)15-7-9-17(22)10-8-15/h3-11,13H,12H2,1-2H3/b18-11-. The molecule has 0 radical (unpaired) electrons. The second kappa shape index (κ2) is 8.31. The lowest BCUT2D eigenvalue weighted by Crippen LogP contribution is -2.10. The van der Waals surface area contributed by atoms with Crippen LogP contribution in [0.4, 0.5) is 0 Å². The molecule has 0 saturated heterocycles. The number of cyclic esters (lactones) is 1. The van der Waals surface area contributed by atoms with Crippen LogP contribution in [0.2, 0.25) is 0 Å². The highest BCUT2D eigenvalue weighted by molar-refractivity contribution is 9.10. The van der Waals surface area contributed by atoms with Crippen LogP contribution >= 0.6 is 15.9 Å². The van der Waals surface area contributed by atoms with Gasteiger partial charge in [0.15, 0.2) is 5.70 Å². The van der Waals surface area contributed by atoms with Gasteiger partial charge >= 0.3 is 11.9 Å². The summed E-state index contributed by atoms with van der Waals surface area (Å²) in [6.45, 7) is 4.34. The first-order chi connectivity index (χ1) is 12.9. The molecule has 5 nitrogen and oxygen atoms in total. The highest BCUT2D eigenvalue weighted by Gasteiger charge is 2.24. The van der Waals surface area contributed by atoms with Gasteiger partial charge in [0.25, 0.3) is 0 Å². The summed E-state index contributed by atoms with van der Waals surface area (Å²) < 4.78 is 11.4. The average Bonchev–Trinajstić information content (AvgIpc) is 3.01. The van der Waals surface area contributed by atoms with Gasteiger partial charge in [0.05, 0.1) is 12.2 Å². The van der Waals surface area contributed by atoms with E-state index >= 15 is 0 Å². The minimum Gasteiger partial charge on any atom is -0.462 e. The lowest BCUT2D eigenvalue weighted by molar-refractivity contribution is -0.129. The van der Waals surface area contributed by atoms with Gasteiger partial charge in [-0.25, -0.2) is 14.6 Å². The van der Waals surface area contributed by atoms with E-state index in [0.29, 0.717) is 12.2 Å². The Labute approximate surface area is 165 Å². The van der Waals surface area contributed by atoms with Crippen molar-refractivity contribution in [3.8, 4) is 0 Å². The van der Waals surface area contributed by atoms with Crippen molar-refractivity contribution < 1.29 is 19.1 Å². The second-order valence-electron chi connectivity index (χ2n) is 6.46. The minimum atomic E-state index is -0.506. The van der Waals surface area contributed by atoms with E-state index in [4.69, 9.17) is 9.47 Å². The van der Waals surface area contributed by atoms with Crippen molar-refractivity contribution in [3.05, 3.63) is 75.4 Å². The fourth-order valence-corrected chi connectivity index (χ4v) is 2.59.